The van der Waals surface area contributed by atoms with Crippen molar-refractivity contribution in [3.63, 3.8) is 0 Å². The average Bonchev–Trinajstić information content (AvgIpc) is 2.37. The van der Waals surface area contributed by atoms with Crippen LogP contribution in [-0.4, -0.2) is 19.1 Å². The molecule has 2 N–H and O–H groups in total. The normalized spacial score (nSPS) is 12.2. The van der Waals surface area contributed by atoms with Crippen molar-refractivity contribution < 1.29 is 4.79 Å². The highest BCUT2D eigenvalue weighted by molar-refractivity contribution is 5.73. The molecule has 0 aliphatic rings. The third-order valence-electron chi connectivity index (χ3n) is 3.05. The number of urea groups is 1. The molecule has 1 aromatic carbocycles. The van der Waals surface area contributed by atoms with Crippen molar-refractivity contribution in [1.29, 1.82) is 0 Å². The summed E-state index contributed by atoms with van der Waals surface area (Å²) in [6.07, 6.45) is 2.01. The minimum atomic E-state index is -0.0550. The van der Waals surface area contributed by atoms with Crippen molar-refractivity contribution >= 4 is 6.03 Å². The van der Waals surface area contributed by atoms with Crippen LogP contribution in [-0.2, 0) is 6.42 Å². The van der Waals surface area contributed by atoms with Gasteiger partial charge in [-0.15, -0.1) is 0 Å². The van der Waals surface area contributed by atoms with Crippen LogP contribution in [0, 0.1) is 11.8 Å². The first-order chi connectivity index (χ1) is 9.08. The van der Waals surface area contributed by atoms with Crippen molar-refractivity contribution in [2.45, 2.75) is 33.6 Å². The fourth-order valence-corrected chi connectivity index (χ4v) is 1.89. The molecule has 1 unspecified atom stereocenters. The SMILES string of the molecule is CC(C)CCNC(=O)NCC(C)Cc1ccccc1. The van der Waals surface area contributed by atoms with Gasteiger partial charge in [-0.05, 0) is 30.2 Å². The number of hydrogen-bond donors (Lipinski definition) is 2. The van der Waals surface area contributed by atoms with Crippen LogP contribution in [0.3, 0.4) is 0 Å². The van der Waals surface area contributed by atoms with Gasteiger partial charge in [0.2, 0.25) is 0 Å². The van der Waals surface area contributed by atoms with Crippen LogP contribution in [0.25, 0.3) is 0 Å². The Morgan fingerprint density at radius 3 is 2.42 bits per heavy atom. The van der Waals surface area contributed by atoms with Gasteiger partial charge in [0, 0.05) is 13.1 Å². The number of amides is 2. The van der Waals surface area contributed by atoms with Crippen LogP contribution < -0.4 is 10.6 Å². The molecular formula is C16H26N2O. The summed E-state index contributed by atoms with van der Waals surface area (Å²) in [6.45, 7) is 7.92. The fraction of sp³-hybridized carbons (Fsp3) is 0.562. The molecule has 0 aliphatic heterocycles. The van der Waals surface area contributed by atoms with Crippen molar-refractivity contribution in [3.8, 4) is 0 Å². The quantitative estimate of drug-likeness (QED) is 0.778. The molecule has 0 heterocycles. The zero-order valence-corrected chi connectivity index (χ0v) is 12.3. The zero-order valence-electron chi connectivity index (χ0n) is 12.3. The summed E-state index contributed by atoms with van der Waals surface area (Å²) in [4.78, 5) is 11.6. The van der Waals surface area contributed by atoms with E-state index in [4.69, 9.17) is 0 Å². The highest BCUT2D eigenvalue weighted by Gasteiger charge is 2.06. The van der Waals surface area contributed by atoms with Gasteiger partial charge < -0.3 is 10.6 Å². The maximum Gasteiger partial charge on any atom is 0.314 e. The molecule has 0 bridgehead atoms. The molecule has 0 spiro atoms. The van der Waals surface area contributed by atoms with E-state index in [1.165, 1.54) is 5.56 Å². The molecule has 1 aromatic rings. The van der Waals surface area contributed by atoms with Crippen LogP contribution >= 0.6 is 0 Å². The second-order valence-electron chi connectivity index (χ2n) is 5.61. The number of carbonyl (C=O) groups is 1. The predicted octanol–water partition coefficient (Wildman–Crippen LogP) is 3.21. The number of benzene rings is 1. The number of hydrogen-bond acceptors (Lipinski definition) is 1. The highest BCUT2D eigenvalue weighted by atomic mass is 16.2. The van der Waals surface area contributed by atoms with Crippen molar-refractivity contribution in [3.05, 3.63) is 35.9 Å². The Morgan fingerprint density at radius 1 is 1.11 bits per heavy atom. The Kier molecular flexibility index (Phi) is 7.01. The standard InChI is InChI=1S/C16H26N2O/c1-13(2)9-10-17-16(19)18-12-14(3)11-15-7-5-4-6-8-15/h4-8,13-14H,9-12H2,1-3H3,(H2,17,18,19). The van der Waals surface area contributed by atoms with E-state index in [-0.39, 0.29) is 6.03 Å². The Bertz CT molecular complexity index is 362. The van der Waals surface area contributed by atoms with Crippen LogP contribution in [0.1, 0.15) is 32.8 Å². The van der Waals surface area contributed by atoms with E-state index < -0.39 is 0 Å². The summed E-state index contributed by atoms with van der Waals surface area (Å²) in [5, 5.41) is 5.81. The largest absolute Gasteiger partial charge is 0.338 e. The molecule has 2 amide bonds. The maximum absolute atomic E-state index is 11.6. The van der Waals surface area contributed by atoms with E-state index in [0.717, 1.165) is 19.4 Å². The van der Waals surface area contributed by atoms with E-state index in [1.807, 2.05) is 18.2 Å². The molecule has 3 heteroatoms. The van der Waals surface area contributed by atoms with E-state index in [1.54, 1.807) is 0 Å². The average molecular weight is 262 g/mol. The summed E-state index contributed by atoms with van der Waals surface area (Å²) < 4.78 is 0. The van der Waals surface area contributed by atoms with Crippen LogP contribution in [0.15, 0.2) is 30.3 Å². The van der Waals surface area contributed by atoms with Crippen molar-refractivity contribution in [2.24, 2.45) is 11.8 Å². The molecule has 1 rings (SSSR count). The number of nitrogens with one attached hydrogen (secondary N) is 2. The van der Waals surface area contributed by atoms with E-state index in [9.17, 15) is 4.79 Å². The minimum Gasteiger partial charge on any atom is -0.338 e. The van der Waals surface area contributed by atoms with Crippen LogP contribution in [0.5, 0.6) is 0 Å². The van der Waals surface area contributed by atoms with Gasteiger partial charge in [0.25, 0.3) is 0 Å². The highest BCUT2D eigenvalue weighted by Crippen LogP contribution is 2.07. The first-order valence-corrected chi connectivity index (χ1v) is 7.13. The number of rotatable bonds is 7. The first kappa shape index (κ1) is 15.5. The molecular weight excluding hydrogens is 236 g/mol. The second kappa shape index (κ2) is 8.57. The predicted molar refractivity (Wildman–Crippen MR) is 80.2 cm³/mol. The number of carbonyl (C=O) groups excluding carboxylic acids is 1. The molecule has 0 saturated heterocycles. The lowest BCUT2D eigenvalue weighted by molar-refractivity contribution is 0.238. The molecule has 0 saturated carbocycles. The van der Waals surface area contributed by atoms with Crippen molar-refractivity contribution in [2.75, 3.05) is 13.1 Å². The van der Waals surface area contributed by atoms with Gasteiger partial charge in [-0.3, -0.25) is 0 Å². The molecule has 1 atom stereocenters. The second-order valence-corrected chi connectivity index (χ2v) is 5.61. The van der Waals surface area contributed by atoms with Gasteiger partial charge in [-0.2, -0.15) is 0 Å². The van der Waals surface area contributed by atoms with Crippen LogP contribution in [0.4, 0.5) is 4.79 Å². The van der Waals surface area contributed by atoms with E-state index in [0.29, 0.717) is 18.4 Å². The minimum absolute atomic E-state index is 0.0550. The summed E-state index contributed by atoms with van der Waals surface area (Å²) in [7, 11) is 0. The van der Waals surface area contributed by atoms with Gasteiger partial charge in [0.1, 0.15) is 0 Å². The molecule has 0 fully saturated rings. The Labute approximate surface area is 116 Å². The zero-order chi connectivity index (χ0) is 14.1. The van der Waals surface area contributed by atoms with E-state index in [2.05, 4.69) is 43.5 Å². The summed E-state index contributed by atoms with van der Waals surface area (Å²) in [6, 6.07) is 10.3. The smallest absolute Gasteiger partial charge is 0.314 e. The Morgan fingerprint density at radius 2 is 1.79 bits per heavy atom. The molecule has 106 valence electrons. The summed E-state index contributed by atoms with van der Waals surface area (Å²) in [5.74, 6) is 1.07. The van der Waals surface area contributed by atoms with Crippen molar-refractivity contribution in [1.82, 2.24) is 10.6 Å². The fourth-order valence-electron chi connectivity index (χ4n) is 1.89. The lowest BCUT2D eigenvalue weighted by atomic mass is 10.0. The van der Waals surface area contributed by atoms with Gasteiger partial charge in [-0.1, -0.05) is 51.1 Å². The Balaban J connectivity index is 2.16. The lowest BCUT2D eigenvalue weighted by Crippen LogP contribution is -2.38. The molecule has 19 heavy (non-hydrogen) atoms. The molecule has 3 nitrogen and oxygen atoms in total. The van der Waals surface area contributed by atoms with Gasteiger partial charge in [-0.25, -0.2) is 4.79 Å². The topological polar surface area (TPSA) is 41.1 Å². The monoisotopic (exact) mass is 262 g/mol. The van der Waals surface area contributed by atoms with Crippen LogP contribution in [0.2, 0.25) is 0 Å². The van der Waals surface area contributed by atoms with E-state index >= 15 is 0 Å². The summed E-state index contributed by atoms with van der Waals surface area (Å²) in [5.41, 5.74) is 1.32. The van der Waals surface area contributed by atoms with Gasteiger partial charge in [0.05, 0.1) is 0 Å². The third-order valence-corrected chi connectivity index (χ3v) is 3.05. The first-order valence-electron chi connectivity index (χ1n) is 7.13. The lowest BCUT2D eigenvalue weighted by Gasteiger charge is -2.14. The Hall–Kier alpha value is -1.51. The van der Waals surface area contributed by atoms with Gasteiger partial charge >= 0.3 is 6.03 Å². The molecule has 0 aliphatic carbocycles. The van der Waals surface area contributed by atoms with Gasteiger partial charge in [0.15, 0.2) is 0 Å². The summed E-state index contributed by atoms with van der Waals surface area (Å²) >= 11 is 0. The molecule has 0 aromatic heterocycles. The molecule has 0 radical (unpaired) electrons. The maximum atomic E-state index is 11.6. The third kappa shape index (κ3) is 7.50.